The van der Waals surface area contributed by atoms with Gasteiger partial charge in [0, 0.05) is 13.6 Å². The van der Waals surface area contributed by atoms with E-state index >= 15 is 0 Å². The third-order valence-electron chi connectivity index (χ3n) is 1.91. The Bertz CT molecular complexity index is 331. The number of nitrogens with one attached hydrogen (secondary N) is 2. The van der Waals surface area contributed by atoms with Gasteiger partial charge in [-0.25, -0.2) is 4.98 Å². The van der Waals surface area contributed by atoms with Gasteiger partial charge in [-0.2, -0.15) is 0 Å². The minimum atomic E-state index is 0.241. The molecule has 0 saturated heterocycles. The lowest BCUT2D eigenvalue weighted by Crippen LogP contribution is -2.19. The van der Waals surface area contributed by atoms with Crippen LogP contribution in [0.15, 0.2) is 12.1 Å². The van der Waals surface area contributed by atoms with Gasteiger partial charge in [0.05, 0.1) is 5.69 Å². The maximum absolute atomic E-state index is 5.81. The van der Waals surface area contributed by atoms with Crippen molar-refractivity contribution in [3.05, 3.63) is 17.3 Å². The van der Waals surface area contributed by atoms with Crippen LogP contribution in [0, 0.1) is 5.41 Å². The molecule has 1 heterocycles. The first-order valence-electron chi connectivity index (χ1n) is 5.00. The van der Waals surface area contributed by atoms with Crippen molar-refractivity contribution in [2.75, 3.05) is 24.2 Å². The molecule has 0 aromatic carbocycles. The molecule has 0 saturated carbocycles. The van der Waals surface area contributed by atoms with Crippen LogP contribution in [0.2, 0.25) is 5.15 Å². The third-order valence-corrected chi connectivity index (χ3v) is 2.12. The summed E-state index contributed by atoms with van der Waals surface area (Å²) in [5.74, 6) is 0.784. The second kappa shape index (κ2) is 4.71. The van der Waals surface area contributed by atoms with Crippen LogP contribution in [0.4, 0.5) is 11.5 Å². The number of rotatable bonds is 3. The topological polar surface area (TPSA) is 37.0 Å². The minimum absolute atomic E-state index is 0.241. The third kappa shape index (κ3) is 3.96. The zero-order chi connectivity index (χ0) is 11.5. The Morgan fingerprint density at radius 2 is 2.00 bits per heavy atom. The molecule has 3 nitrogen and oxygen atoms in total. The molecule has 1 aromatic heterocycles. The highest BCUT2D eigenvalue weighted by Crippen LogP contribution is 2.23. The molecule has 4 heteroatoms. The van der Waals surface area contributed by atoms with E-state index < -0.39 is 0 Å². The molecule has 2 N–H and O–H groups in total. The van der Waals surface area contributed by atoms with Crippen molar-refractivity contribution in [2.45, 2.75) is 20.8 Å². The van der Waals surface area contributed by atoms with Gasteiger partial charge in [-0.3, -0.25) is 0 Å². The SMILES string of the molecule is CNc1nc(Cl)ccc1NCC(C)(C)C. The van der Waals surface area contributed by atoms with E-state index in [2.05, 4.69) is 36.4 Å². The molecule has 1 aromatic rings. The molecule has 0 aliphatic heterocycles. The van der Waals surface area contributed by atoms with E-state index in [0.717, 1.165) is 18.1 Å². The van der Waals surface area contributed by atoms with E-state index in [-0.39, 0.29) is 5.41 Å². The van der Waals surface area contributed by atoms with Gasteiger partial charge in [0.25, 0.3) is 0 Å². The lowest BCUT2D eigenvalue weighted by atomic mass is 9.97. The van der Waals surface area contributed by atoms with E-state index in [0.29, 0.717) is 5.15 Å². The van der Waals surface area contributed by atoms with Crippen LogP contribution in [-0.2, 0) is 0 Å². The Balaban J connectivity index is 2.76. The van der Waals surface area contributed by atoms with Gasteiger partial charge in [-0.05, 0) is 17.5 Å². The average Bonchev–Trinajstić information content (AvgIpc) is 2.14. The van der Waals surface area contributed by atoms with E-state index in [1.807, 2.05) is 13.1 Å². The zero-order valence-corrected chi connectivity index (χ0v) is 10.4. The van der Waals surface area contributed by atoms with E-state index in [1.54, 1.807) is 6.07 Å². The molecule has 84 valence electrons. The average molecular weight is 228 g/mol. The predicted molar refractivity (Wildman–Crippen MR) is 66.7 cm³/mol. The number of nitrogens with zero attached hydrogens (tertiary/aromatic N) is 1. The zero-order valence-electron chi connectivity index (χ0n) is 9.69. The standard InChI is InChI=1S/C11H18ClN3/c1-11(2,3)7-14-8-5-6-9(12)15-10(8)13-4/h5-6,14H,7H2,1-4H3,(H,13,15). The Morgan fingerprint density at radius 1 is 1.33 bits per heavy atom. The number of hydrogen-bond acceptors (Lipinski definition) is 3. The van der Waals surface area contributed by atoms with Crippen molar-refractivity contribution in [3.63, 3.8) is 0 Å². The van der Waals surface area contributed by atoms with Crippen LogP contribution in [0.5, 0.6) is 0 Å². The minimum Gasteiger partial charge on any atom is -0.382 e. The van der Waals surface area contributed by atoms with E-state index in [4.69, 9.17) is 11.6 Å². The highest BCUT2D eigenvalue weighted by atomic mass is 35.5. The summed E-state index contributed by atoms with van der Waals surface area (Å²) in [6.45, 7) is 7.44. The highest BCUT2D eigenvalue weighted by molar-refractivity contribution is 6.29. The van der Waals surface area contributed by atoms with Gasteiger partial charge in [0.15, 0.2) is 5.82 Å². The Kier molecular flexibility index (Phi) is 3.80. The molecule has 1 rings (SSSR count). The lowest BCUT2D eigenvalue weighted by Gasteiger charge is -2.20. The summed E-state index contributed by atoms with van der Waals surface area (Å²) in [4.78, 5) is 4.18. The second-order valence-corrected chi connectivity index (χ2v) is 5.08. The number of hydrogen-bond donors (Lipinski definition) is 2. The molecule has 0 bridgehead atoms. The van der Waals surface area contributed by atoms with Crippen LogP contribution in [-0.4, -0.2) is 18.6 Å². The molecule has 0 atom stereocenters. The van der Waals surface area contributed by atoms with Crippen molar-refractivity contribution in [1.29, 1.82) is 0 Å². The fraction of sp³-hybridized carbons (Fsp3) is 0.545. The fourth-order valence-corrected chi connectivity index (χ4v) is 1.28. The molecular formula is C11H18ClN3. The summed E-state index contributed by atoms with van der Waals surface area (Å²) < 4.78 is 0. The number of anilines is 2. The van der Waals surface area contributed by atoms with E-state index in [9.17, 15) is 0 Å². The Hall–Kier alpha value is -0.960. The fourth-order valence-electron chi connectivity index (χ4n) is 1.13. The highest BCUT2D eigenvalue weighted by Gasteiger charge is 2.11. The van der Waals surface area contributed by atoms with Crippen LogP contribution < -0.4 is 10.6 Å². The first kappa shape index (κ1) is 12.1. The maximum atomic E-state index is 5.81. The van der Waals surface area contributed by atoms with Crippen molar-refractivity contribution < 1.29 is 0 Å². The largest absolute Gasteiger partial charge is 0.382 e. The van der Waals surface area contributed by atoms with Gasteiger partial charge in [-0.1, -0.05) is 32.4 Å². The van der Waals surface area contributed by atoms with Crippen molar-refractivity contribution in [2.24, 2.45) is 5.41 Å². The Morgan fingerprint density at radius 3 is 2.53 bits per heavy atom. The smallest absolute Gasteiger partial charge is 0.150 e. The number of pyridine rings is 1. The molecular weight excluding hydrogens is 210 g/mol. The summed E-state index contributed by atoms with van der Waals surface area (Å²) in [5.41, 5.74) is 1.22. The summed E-state index contributed by atoms with van der Waals surface area (Å²) >= 11 is 5.81. The molecule has 0 unspecified atom stereocenters. The van der Waals surface area contributed by atoms with Crippen LogP contribution in [0.3, 0.4) is 0 Å². The second-order valence-electron chi connectivity index (χ2n) is 4.69. The van der Waals surface area contributed by atoms with Gasteiger partial charge >= 0.3 is 0 Å². The quantitative estimate of drug-likeness (QED) is 0.779. The Labute approximate surface area is 96.2 Å². The van der Waals surface area contributed by atoms with Gasteiger partial charge < -0.3 is 10.6 Å². The molecule has 0 amide bonds. The molecule has 0 aliphatic carbocycles. The monoisotopic (exact) mass is 227 g/mol. The molecule has 0 radical (unpaired) electrons. The number of halogens is 1. The van der Waals surface area contributed by atoms with Gasteiger partial charge in [0.1, 0.15) is 5.15 Å². The number of aromatic nitrogens is 1. The molecule has 0 spiro atoms. The summed E-state index contributed by atoms with van der Waals surface area (Å²) in [6, 6.07) is 3.72. The van der Waals surface area contributed by atoms with Crippen LogP contribution >= 0.6 is 11.6 Å². The first-order chi connectivity index (χ1) is 6.92. The van der Waals surface area contributed by atoms with Crippen LogP contribution in [0.25, 0.3) is 0 Å². The maximum Gasteiger partial charge on any atom is 0.150 e. The summed E-state index contributed by atoms with van der Waals surface area (Å²) in [5, 5.41) is 6.86. The van der Waals surface area contributed by atoms with Gasteiger partial charge in [0.2, 0.25) is 0 Å². The summed E-state index contributed by atoms with van der Waals surface area (Å²) in [6.07, 6.45) is 0. The van der Waals surface area contributed by atoms with Crippen molar-refractivity contribution in [1.82, 2.24) is 4.98 Å². The normalized spacial score (nSPS) is 11.3. The van der Waals surface area contributed by atoms with E-state index in [1.165, 1.54) is 0 Å². The molecule has 15 heavy (non-hydrogen) atoms. The molecule has 0 aliphatic rings. The lowest BCUT2D eigenvalue weighted by molar-refractivity contribution is 0.443. The molecule has 0 fully saturated rings. The van der Waals surface area contributed by atoms with Crippen molar-refractivity contribution in [3.8, 4) is 0 Å². The van der Waals surface area contributed by atoms with Crippen LogP contribution in [0.1, 0.15) is 20.8 Å². The summed E-state index contributed by atoms with van der Waals surface area (Å²) in [7, 11) is 1.83. The van der Waals surface area contributed by atoms with Crippen molar-refractivity contribution >= 4 is 23.1 Å². The first-order valence-corrected chi connectivity index (χ1v) is 5.38. The predicted octanol–water partition coefficient (Wildman–Crippen LogP) is 3.23. The van der Waals surface area contributed by atoms with Gasteiger partial charge in [-0.15, -0.1) is 0 Å².